The predicted octanol–water partition coefficient (Wildman–Crippen LogP) is 6.44. The minimum atomic E-state index is -0.0626. The van der Waals surface area contributed by atoms with Crippen molar-refractivity contribution < 1.29 is 9.47 Å². The highest BCUT2D eigenvalue weighted by Gasteiger charge is 2.21. The zero-order valence-electron chi connectivity index (χ0n) is 14.3. The third kappa shape index (κ3) is 4.09. The van der Waals surface area contributed by atoms with Crippen molar-refractivity contribution in [2.45, 2.75) is 45.8 Å². The number of benzene rings is 2. The number of aryl methyl sites for hydroxylation is 1. The Morgan fingerprint density at radius 1 is 0.875 bits per heavy atom. The number of fused-ring (bicyclic) bond motifs is 2. The van der Waals surface area contributed by atoms with Crippen LogP contribution < -0.4 is 9.47 Å². The smallest absolute Gasteiger partial charge is 0.241 e. The van der Waals surface area contributed by atoms with E-state index < -0.39 is 0 Å². The Labute approximate surface area is 148 Å². The highest BCUT2D eigenvalue weighted by Crippen LogP contribution is 2.34. The van der Waals surface area contributed by atoms with Gasteiger partial charge in [-0.15, -0.1) is 11.3 Å². The van der Waals surface area contributed by atoms with E-state index in [0.29, 0.717) is 0 Å². The quantitative estimate of drug-likeness (QED) is 0.544. The van der Waals surface area contributed by atoms with Crippen LogP contribution in [0.25, 0.3) is 10.1 Å². The molecule has 0 unspecified atom stereocenters. The molecule has 1 aromatic heterocycles. The van der Waals surface area contributed by atoms with Gasteiger partial charge in [0.15, 0.2) is 11.5 Å². The third-order valence-corrected chi connectivity index (χ3v) is 5.04. The van der Waals surface area contributed by atoms with Gasteiger partial charge in [0, 0.05) is 16.0 Å². The summed E-state index contributed by atoms with van der Waals surface area (Å²) in [5.41, 5.74) is 0. The lowest BCUT2D eigenvalue weighted by atomic mass is 10.2. The Bertz CT molecular complexity index is 720. The molecule has 3 aromatic rings. The molecule has 0 saturated carbocycles. The van der Waals surface area contributed by atoms with E-state index in [9.17, 15) is 0 Å². The first-order valence-electron chi connectivity index (χ1n) is 8.70. The first-order chi connectivity index (χ1) is 11.8. The Kier molecular flexibility index (Phi) is 5.76. The van der Waals surface area contributed by atoms with Gasteiger partial charge < -0.3 is 9.47 Å². The van der Waals surface area contributed by atoms with Crippen LogP contribution >= 0.6 is 11.3 Å². The molecule has 24 heavy (non-hydrogen) atoms. The minimum absolute atomic E-state index is 0.0626. The van der Waals surface area contributed by atoms with E-state index in [4.69, 9.17) is 9.47 Å². The van der Waals surface area contributed by atoms with Crippen LogP contribution in [-0.4, -0.2) is 6.29 Å². The average molecular weight is 340 g/mol. The summed E-state index contributed by atoms with van der Waals surface area (Å²) < 4.78 is 12.5. The first-order valence-corrected chi connectivity index (χ1v) is 9.51. The molecular weight excluding hydrogens is 316 g/mol. The molecule has 2 aromatic carbocycles. The van der Waals surface area contributed by atoms with Crippen LogP contribution in [0.2, 0.25) is 0 Å². The summed E-state index contributed by atoms with van der Waals surface area (Å²) in [7, 11) is 0. The summed E-state index contributed by atoms with van der Waals surface area (Å²) >= 11 is 1.92. The van der Waals surface area contributed by atoms with Crippen LogP contribution in [0.15, 0.2) is 54.6 Å². The predicted molar refractivity (Wildman–Crippen MR) is 102 cm³/mol. The number of para-hydroxylation sites is 2. The van der Waals surface area contributed by atoms with Crippen LogP contribution in [0.3, 0.4) is 0 Å². The first kappa shape index (κ1) is 16.8. The van der Waals surface area contributed by atoms with Gasteiger partial charge in [-0.2, -0.15) is 0 Å². The summed E-state index contributed by atoms with van der Waals surface area (Å²) in [6, 6.07) is 18.7. The van der Waals surface area contributed by atoms with E-state index >= 15 is 0 Å². The van der Waals surface area contributed by atoms with Gasteiger partial charge in [0.2, 0.25) is 6.29 Å². The van der Waals surface area contributed by atoms with Crippen molar-refractivity contribution in [1.82, 2.24) is 0 Å². The van der Waals surface area contributed by atoms with Crippen molar-refractivity contribution in [3.63, 3.8) is 0 Å². The number of hydrogen-bond acceptors (Lipinski definition) is 3. The molecule has 2 nitrogen and oxygen atoms in total. The Morgan fingerprint density at radius 3 is 2.17 bits per heavy atom. The molecule has 0 spiro atoms. The van der Waals surface area contributed by atoms with E-state index in [-0.39, 0.29) is 6.29 Å². The number of rotatable bonds is 4. The van der Waals surface area contributed by atoms with E-state index in [1.807, 2.05) is 35.6 Å². The van der Waals surface area contributed by atoms with E-state index in [0.717, 1.165) is 24.3 Å². The van der Waals surface area contributed by atoms with Crippen molar-refractivity contribution >= 4 is 21.4 Å². The summed E-state index contributed by atoms with van der Waals surface area (Å²) in [6.07, 6.45) is 4.44. The lowest BCUT2D eigenvalue weighted by molar-refractivity contribution is 0.0413. The second-order valence-corrected chi connectivity index (χ2v) is 7.07. The molecule has 1 aliphatic heterocycles. The number of thiophene rings is 1. The van der Waals surface area contributed by atoms with Crippen molar-refractivity contribution in [2.75, 3.05) is 0 Å². The van der Waals surface area contributed by atoms with Gasteiger partial charge in [-0.3, -0.25) is 0 Å². The monoisotopic (exact) mass is 340 g/mol. The van der Waals surface area contributed by atoms with Crippen LogP contribution in [-0.2, 0) is 6.42 Å². The highest BCUT2D eigenvalue weighted by atomic mass is 32.1. The molecule has 0 atom stereocenters. The average Bonchev–Trinajstić information content (AvgIpc) is 3.18. The zero-order valence-corrected chi connectivity index (χ0v) is 15.1. The molecule has 2 heterocycles. The van der Waals surface area contributed by atoms with Crippen LogP contribution in [0, 0.1) is 0 Å². The molecule has 126 valence electrons. The Hall–Kier alpha value is -2.00. The normalized spacial score (nSPS) is 12.9. The summed E-state index contributed by atoms with van der Waals surface area (Å²) in [6.45, 7) is 4.35. The largest absolute Gasteiger partial charge is 0.451 e. The molecule has 0 N–H and O–H groups in total. The van der Waals surface area contributed by atoms with Gasteiger partial charge in [-0.25, -0.2) is 0 Å². The topological polar surface area (TPSA) is 18.5 Å². The van der Waals surface area contributed by atoms with Crippen molar-refractivity contribution in [1.29, 1.82) is 0 Å². The molecule has 0 bridgehead atoms. The van der Waals surface area contributed by atoms with E-state index in [1.54, 1.807) is 0 Å². The molecule has 1 aliphatic rings. The Morgan fingerprint density at radius 2 is 1.54 bits per heavy atom. The van der Waals surface area contributed by atoms with Gasteiger partial charge >= 0.3 is 0 Å². The third-order valence-electron chi connectivity index (χ3n) is 3.86. The SMILES string of the molecule is CCCC1Oc2ccccc2O1.CCCc1cc2ccccc2s1. The van der Waals surface area contributed by atoms with Gasteiger partial charge in [0.1, 0.15) is 0 Å². The fraction of sp³-hybridized carbons (Fsp3) is 0.333. The zero-order chi connectivity index (χ0) is 16.8. The second kappa shape index (κ2) is 8.20. The molecule has 0 fully saturated rings. The maximum Gasteiger partial charge on any atom is 0.241 e. The maximum atomic E-state index is 5.53. The number of hydrogen-bond donors (Lipinski definition) is 0. The number of ether oxygens (including phenoxy) is 2. The summed E-state index contributed by atoms with van der Waals surface area (Å²) in [5.74, 6) is 1.74. The van der Waals surface area contributed by atoms with Gasteiger partial charge in [0.25, 0.3) is 0 Å². The molecule has 4 rings (SSSR count). The molecular formula is C21H24O2S. The lowest BCUT2D eigenvalue weighted by Crippen LogP contribution is -2.16. The molecule has 0 radical (unpaired) electrons. The second-order valence-electron chi connectivity index (χ2n) is 5.90. The summed E-state index contributed by atoms with van der Waals surface area (Å²) in [4.78, 5) is 1.51. The van der Waals surface area contributed by atoms with E-state index in [2.05, 4.69) is 44.2 Å². The summed E-state index contributed by atoms with van der Waals surface area (Å²) in [5, 5.41) is 1.39. The van der Waals surface area contributed by atoms with Gasteiger partial charge in [-0.05, 0) is 42.5 Å². The minimum Gasteiger partial charge on any atom is -0.451 e. The van der Waals surface area contributed by atoms with Crippen LogP contribution in [0.5, 0.6) is 11.5 Å². The van der Waals surface area contributed by atoms with E-state index in [1.165, 1.54) is 27.8 Å². The molecule has 0 aliphatic carbocycles. The maximum absolute atomic E-state index is 5.53. The molecule has 0 amide bonds. The van der Waals surface area contributed by atoms with Crippen molar-refractivity contribution in [3.8, 4) is 11.5 Å². The van der Waals surface area contributed by atoms with Gasteiger partial charge in [0.05, 0.1) is 0 Å². The van der Waals surface area contributed by atoms with Gasteiger partial charge in [-0.1, -0.05) is 50.6 Å². The fourth-order valence-corrected chi connectivity index (χ4v) is 3.88. The fourth-order valence-electron chi connectivity index (χ4n) is 2.71. The molecule has 0 saturated heterocycles. The lowest BCUT2D eigenvalue weighted by Gasteiger charge is -2.07. The highest BCUT2D eigenvalue weighted by molar-refractivity contribution is 7.19. The molecule has 3 heteroatoms. The van der Waals surface area contributed by atoms with Crippen molar-refractivity contribution in [2.24, 2.45) is 0 Å². The standard InChI is InChI=1S/C11H12S.C10H12O2/c1-2-5-10-8-9-6-3-4-7-11(9)12-10;1-2-5-10-11-8-6-3-4-7-9(8)12-10/h3-4,6-8H,2,5H2,1H3;3-4,6-7,10H,2,5H2,1H3. The Balaban J connectivity index is 0.000000141. The van der Waals surface area contributed by atoms with Crippen LogP contribution in [0.4, 0.5) is 0 Å². The van der Waals surface area contributed by atoms with Crippen LogP contribution in [0.1, 0.15) is 38.0 Å². The van der Waals surface area contributed by atoms with Crippen molar-refractivity contribution in [3.05, 3.63) is 59.5 Å².